The molecule has 5 nitrogen and oxygen atoms in total. The summed E-state index contributed by atoms with van der Waals surface area (Å²) in [5, 5.41) is 11.1. The first-order valence-electron chi connectivity index (χ1n) is 6.44. The van der Waals surface area contributed by atoms with Crippen molar-refractivity contribution in [3.63, 3.8) is 0 Å². The van der Waals surface area contributed by atoms with E-state index in [2.05, 4.69) is 10.3 Å². The summed E-state index contributed by atoms with van der Waals surface area (Å²) in [7, 11) is 0. The Morgan fingerprint density at radius 3 is 2.62 bits per heavy atom. The predicted molar refractivity (Wildman–Crippen MR) is 76.7 cm³/mol. The van der Waals surface area contributed by atoms with Crippen LogP contribution in [-0.4, -0.2) is 23.2 Å². The van der Waals surface area contributed by atoms with Crippen LogP contribution in [0.3, 0.4) is 0 Å². The van der Waals surface area contributed by atoms with Gasteiger partial charge in [0.15, 0.2) is 0 Å². The van der Waals surface area contributed by atoms with Crippen LogP contribution in [-0.2, 0) is 0 Å². The van der Waals surface area contributed by atoms with Crippen molar-refractivity contribution in [2.75, 3.05) is 6.54 Å². The average Bonchev–Trinajstić information content (AvgIpc) is 2.55. The molecular formula is C16H13N3O2. The van der Waals surface area contributed by atoms with Gasteiger partial charge in [-0.05, 0) is 12.1 Å². The quantitative estimate of drug-likeness (QED) is 0.670. The van der Waals surface area contributed by atoms with Crippen molar-refractivity contribution in [1.82, 2.24) is 10.3 Å². The molecule has 1 amide bonds. The largest absolute Gasteiger partial charge is 0.351 e. The highest BCUT2D eigenvalue weighted by molar-refractivity contribution is 6.14. The maximum atomic E-state index is 12.4. The summed E-state index contributed by atoms with van der Waals surface area (Å²) < 4.78 is 0. The molecule has 0 aliphatic carbocycles. The van der Waals surface area contributed by atoms with Crippen molar-refractivity contribution < 1.29 is 9.59 Å². The van der Waals surface area contributed by atoms with Crippen molar-refractivity contribution in [3.8, 4) is 6.07 Å². The first-order chi connectivity index (χ1) is 10.2. The van der Waals surface area contributed by atoms with E-state index >= 15 is 0 Å². The Kier molecular flexibility index (Phi) is 4.78. The monoisotopic (exact) mass is 279 g/mol. The van der Waals surface area contributed by atoms with Gasteiger partial charge in [-0.1, -0.05) is 30.3 Å². The van der Waals surface area contributed by atoms with Crippen LogP contribution in [0.1, 0.15) is 32.8 Å². The summed E-state index contributed by atoms with van der Waals surface area (Å²) in [6, 6.07) is 13.8. The van der Waals surface area contributed by atoms with Crippen molar-refractivity contribution in [3.05, 3.63) is 65.5 Å². The Morgan fingerprint density at radius 1 is 1.14 bits per heavy atom. The standard InChI is InChI=1S/C16H13N3O2/c17-9-5-11-19-16(21)13-8-4-10-18-14(13)15(20)12-6-2-1-3-7-12/h1-4,6-8,10H,5,11H2,(H,19,21). The molecule has 1 heterocycles. The zero-order valence-corrected chi connectivity index (χ0v) is 11.2. The third-order valence-corrected chi connectivity index (χ3v) is 2.83. The van der Waals surface area contributed by atoms with E-state index < -0.39 is 5.91 Å². The molecule has 104 valence electrons. The summed E-state index contributed by atoms with van der Waals surface area (Å²) in [6.45, 7) is 0.239. The smallest absolute Gasteiger partial charge is 0.253 e. The number of carbonyl (C=O) groups is 2. The lowest BCUT2D eigenvalue weighted by Crippen LogP contribution is -2.26. The number of nitriles is 1. The van der Waals surface area contributed by atoms with Crippen molar-refractivity contribution in [1.29, 1.82) is 5.26 Å². The number of carbonyl (C=O) groups excluding carboxylic acids is 2. The van der Waals surface area contributed by atoms with E-state index in [-0.39, 0.29) is 30.0 Å². The number of pyridine rings is 1. The minimum atomic E-state index is -0.405. The van der Waals surface area contributed by atoms with Gasteiger partial charge in [-0.3, -0.25) is 14.6 Å². The number of rotatable bonds is 5. The van der Waals surface area contributed by atoms with Crippen molar-refractivity contribution in [2.24, 2.45) is 0 Å². The van der Waals surface area contributed by atoms with Gasteiger partial charge in [0.1, 0.15) is 5.69 Å². The second-order valence-electron chi connectivity index (χ2n) is 4.26. The molecule has 0 saturated heterocycles. The van der Waals surface area contributed by atoms with E-state index in [4.69, 9.17) is 5.26 Å². The Labute approximate surface area is 122 Å². The molecule has 2 rings (SSSR count). The Hall–Kier alpha value is -3.00. The third-order valence-electron chi connectivity index (χ3n) is 2.83. The minimum Gasteiger partial charge on any atom is -0.351 e. The number of hydrogen-bond donors (Lipinski definition) is 1. The molecule has 0 aliphatic heterocycles. The molecular weight excluding hydrogens is 266 g/mol. The highest BCUT2D eigenvalue weighted by Gasteiger charge is 2.19. The zero-order chi connectivity index (χ0) is 15.1. The first kappa shape index (κ1) is 14.4. The van der Waals surface area contributed by atoms with Crippen LogP contribution in [0.15, 0.2) is 48.7 Å². The molecule has 2 aromatic rings. The highest BCUT2D eigenvalue weighted by Crippen LogP contribution is 2.12. The van der Waals surface area contributed by atoms with Gasteiger partial charge in [0.2, 0.25) is 5.78 Å². The van der Waals surface area contributed by atoms with Gasteiger partial charge in [-0.15, -0.1) is 0 Å². The van der Waals surface area contributed by atoms with E-state index in [1.807, 2.05) is 12.1 Å². The topological polar surface area (TPSA) is 82.8 Å². The van der Waals surface area contributed by atoms with Gasteiger partial charge in [-0.25, -0.2) is 0 Å². The Morgan fingerprint density at radius 2 is 1.90 bits per heavy atom. The average molecular weight is 279 g/mol. The van der Waals surface area contributed by atoms with Crippen LogP contribution in [0.2, 0.25) is 0 Å². The second-order valence-corrected chi connectivity index (χ2v) is 4.26. The molecule has 0 saturated carbocycles. The lowest BCUT2D eigenvalue weighted by molar-refractivity contribution is 0.0941. The van der Waals surface area contributed by atoms with Gasteiger partial charge in [0.25, 0.3) is 5.91 Å². The van der Waals surface area contributed by atoms with E-state index in [0.29, 0.717) is 5.56 Å². The number of amides is 1. The van der Waals surface area contributed by atoms with Gasteiger partial charge in [-0.2, -0.15) is 5.26 Å². The number of aromatic nitrogens is 1. The lowest BCUT2D eigenvalue weighted by Gasteiger charge is -2.07. The molecule has 0 spiro atoms. The van der Waals surface area contributed by atoms with Gasteiger partial charge in [0.05, 0.1) is 18.1 Å². The summed E-state index contributed by atoms with van der Waals surface area (Å²) in [6.07, 6.45) is 1.69. The van der Waals surface area contributed by atoms with Crippen molar-refractivity contribution >= 4 is 11.7 Å². The molecule has 5 heteroatoms. The Bertz CT molecular complexity index is 690. The molecule has 1 N–H and O–H groups in total. The summed E-state index contributed by atoms with van der Waals surface area (Å²) in [5.41, 5.74) is 0.796. The minimum absolute atomic E-state index is 0.109. The van der Waals surface area contributed by atoms with E-state index in [9.17, 15) is 9.59 Å². The van der Waals surface area contributed by atoms with E-state index in [1.165, 1.54) is 6.20 Å². The predicted octanol–water partition coefficient (Wildman–Crippen LogP) is 1.96. The second kappa shape index (κ2) is 6.96. The lowest BCUT2D eigenvalue weighted by atomic mass is 10.0. The third kappa shape index (κ3) is 3.51. The molecule has 1 aromatic heterocycles. The van der Waals surface area contributed by atoms with Crippen LogP contribution in [0.5, 0.6) is 0 Å². The molecule has 1 aromatic carbocycles. The zero-order valence-electron chi connectivity index (χ0n) is 11.2. The van der Waals surface area contributed by atoms with Crippen LogP contribution < -0.4 is 5.32 Å². The van der Waals surface area contributed by atoms with Crippen LogP contribution in [0, 0.1) is 11.3 Å². The number of nitrogens with one attached hydrogen (secondary N) is 1. The molecule has 0 bridgehead atoms. The van der Waals surface area contributed by atoms with Crippen molar-refractivity contribution in [2.45, 2.75) is 6.42 Å². The van der Waals surface area contributed by atoms with Crippen LogP contribution >= 0.6 is 0 Å². The molecule has 0 radical (unpaired) electrons. The number of ketones is 1. The molecule has 0 aliphatic rings. The normalized spacial score (nSPS) is 9.67. The fourth-order valence-electron chi connectivity index (χ4n) is 1.82. The number of benzene rings is 1. The highest BCUT2D eigenvalue weighted by atomic mass is 16.2. The maximum absolute atomic E-state index is 12.4. The fourth-order valence-corrected chi connectivity index (χ4v) is 1.82. The van der Waals surface area contributed by atoms with Gasteiger partial charge in [0, 0.05) is 18.3 Å². The summed E-state index contributed by atoms with van der Waals surface area (Å²) in [5.74, 6) is -0.709. The molecule has 0 unspecified atom stereocenters. The number of nitrogens with zero attached hydrogens (tertiary/aromatic N) is 2. The first-order valence-corrected chi connectivity index (χ1v) is 6.44. The van der Waals surface area contributed by atoms with E-state index in [1.54, 1.807) is 36.4 Å². The maximum Gasteiger partial charge on any atom is 0.253 e. The summed E-state index contributed by atoms with van der Waals surface area (Å²) >= 11 is 0. The van der Waals surface area contributed by atoms with E-state index in [0.717, 1.165) is 0 Å². The molecule has 0 atom stereocenters. The fraction of sp³-hybridized carbons (Fsp3) is 0.125. The number of hydrogen-bond acceptors (Lipinski definition) is 4. The molecule has 0 fully saturated rings. The molecule has 21 heavy (non-hydrogen) atoms. The Balaban J connectivity index is 2.27. The van der Waals surface area contributed by atoms with Crippen LogP contribution in [0.25, 0.3) is 0 Å². The van der Waals surface area contributed by atoms with Gasteiger partial charge < -0.3 is 5.32 Å². The SMILES string of the molecule is N#CCCNC(=O)c1cccnc1C(=O)c1ccccc1. The van der Waals surface area contributed by atoms with Gasteiger partial charge >= 0.3 is 0 Å². The van der Waals surface area contributed by atoms with Crippen LogP contribution in [0.4, 0.5) is 0 Å². The summed E-state index contributed by atoms with van der Waals surface area (Å²) in [4.78, 5) is 28.5.